The summed E-state index contributed by atoms with van der Waals surface area (Å²) < 4.78 is 0. The number of aryl methyl sites for hydroxylation is 1. The van der Waals surface area contributed by atoms with Crippen LogP contribution in [0.15, 0.2) is 85.6 Å². The monoisotopic (exact) mass is 439 g/mol. The SMILES string of the molecule is C=CCN1CCN(C(=O)c2ccccn2)C[C@@H](Cc2cccc(-c3ccccc3C)c2)C1=O. The van der Waals surface area contributed by atoms with Gasteiger partial charge in [-0.25, -0.2) is 0 Å². The Balaban J connectivity index is 1.60. The molecule has 0 N–H and O–H groups in total. The van der Waals surface area contributed by atoms with Gasteiger partial charge in [0.25, 0.3) is 5.91 Å². The first-order chi connectivity index (χ1) is 16.1. The first-order valence-corrected chi connectivity index (χ1v) is 11.3. The van der Waals surface area contributed by atoms with Crippen molar-refractivity contribution in [3.63, 3.8) is 0 Å². The molecule has 1 atom stereocenters. The Bertz CT molecular complexity index is 1140. The quantitative estimate of drug-likeness (QED) is 0.536. The summed E-state index contributed by atoms with van der Waals surface area (Å²) in [7, 11) is 0. The molecule has 5 nitrogen and oxygen atoms in total. The van der Waals surface area contributed by atoms with Gasteiger partial charge in [-0.2, -0.15) is 0 Å². The summed E-state index contributed by atoms with van der Waals surface area (Å²) in [5.41, 5.74) is 5.02. The van der Waals surface area contributed by atoms with Gasteiger partial charge in [-0.05, 0) is 47.7 Å². The molecule has 0 radical (unpaired) electrons. The highest BCUT2D eigenvalue weighted by atomic mass is 16.2. The third-order valence-corrected chi connectivity index (χ3v) is 6.13. The summed E-state index contributed by atoms with van der Waals surface area (Å²) in [6.07, 6.45) is 3.93. The van der Waals surface area contributed by atoms with Crippen LogP contribution in [-0.4, -0.2) is 52.8 Å². The molecule has 1 aliphatic rings. The van der Waals surface area contributed by atoms with Gasteiger partial charge in [0.05, 0.1) is 5.92 Å². The van der Waals surface area contributed by atoms with Gasteiger partial charge in [0.1, 0.15) is 5.69 Å². The number of benzene rings is 2. The van der Waals surface area contributed by atoms with Crippen LogP contribution in [0.4, 0.5) is 0 Å². The molecule has 0 aliphatic carbocycles. The molecule has 4 rings (SSSR count). The van der Waals surface area contributed by atoms with Gasteiger partial charge >= 0.3 is 0 Å². The van der Waals surface area contributed by atoms with Crippen molar-refractivity contribution in [2.24, 2.45) is 5.92 Å². The summed E-state index contributed by atoms with van der Waals surface area (Å²) >= 11 is 0. The minimum absolute atomic E-state index is 0.0625. The van der Waals surface area contributed by atoms with Crippen LogP contribution in [0.1, 0.15) is 21.6 Å². The largest absolute Gasteiger partial charge is 0.337 e. The summed E-state index contributed by atoms with van der Waals surface area (Å²) in [4.78, 5) is 34.3. The fourth-order valence-corrected chi connectivity index (χ4v) is 4.42. The molecule has 0 bridgehead atoms. The zero-order chi connectivity index (χ0) is 23.2. The van der Waals surface area contributed by atoms with E-state index in [9.17, 15) is 9.59 Å². The van der Waals surface area contributed by atoms with Gasteiger partial charge in [0.15, 0.2) is 0 Å². The number of carbonyl (C=O) groups excluding carboxylic acids is 2. The Morgan fingerprint density at radius 3 is 2.67 bits per heavy atom. The number of amides is 2. The van der Waals surface area contributed by atoms with E-state index in [0.717, 1.165) is 11.1 Å². The van der Waals surface area contributed by atoms with Crippen molar-refractivity contribution < 1.29 is 9.59 Å². The lowest BCUT2D eigenvalue weighted by atomic mass is 9.93. The van der Waals surface area contributed by atoms with Gasteiger partial charge in [-0.1, -0.05) is 60.7 Å². The zero-order valence-electron chi connectivity index (χ0n) is 19.0. The Morgan fingerprint density at radius 2 is 1.91 bits per heavy atom. The summed E-state index contributed by atoms with van der Waals surface area (Å²) in [5, 5.41) is 0. The average molecular weight is 440 g/mol. The lowest BCUT2D eigenvalue weighted by Crippen LogP contribution is -2.38. The highest BCUT2D eigenvalue weighted by Crippen LogP contribution is 2.26. The Morgan fingerprint density at radius 1 is 1.09 bits per heavy atom. The first kappa shape index (κ1) is 22.5. The number of nitrogens with zero attached hydrogens (tertiary/aromatic N) is 3. The molecule has 1 fully saturated rings. The predicted molar refractivity (Wildman–Crippen MR) is 131 cm³/mol. The smallest absolute Gasteiger partial charge is 0.272 e. The molecule has 33 heavy (non-hydrogen) atoms. The van der Waals surface area contributed by atoms with Crippen LogP contribution < -0.4 is 0 Å². The first-order valence-electron chi connectivity index (χ1n) is 11.3. The van der Waals surface area contributed by atoms with Gasteiger partial charge in [0.2, 0.25) is 5.91 Å². The average Bonchev–Trinajstić information content (AvgIpc) is 2.99. The molecule has 0 spiro atoms. The Hall–Kier alpha value is -3.73. The molecule has 1 aliphatic heterocycles. The molecule has 0 saturated carbocycles. The number of pyridine rings is 1. The van der Waals surface area contributed by atoms with E-state index >= 15 is 0 Å². The molecule has 168 valence electrons. The maximum Gasteiger partial charge on any atom is 0.272 e. The van der Waals surface area contributed by atoms with E-state index in [4.69, 9.17) is 0 Å². The molecule has 3 aromatic rings. The fourth-order valence-electron chi connectivity index (χ4n) is 4.42. The third kappa shape index (κ3) is 5.20. The van der Waals surface area contributed by atoms with Crippen LogP contribution >= 0.6 is 0 Å². The van der Waals surface area contributed by atoms with Crippen LogP contribution in [0.25, 0.3) is 11.1 Å². The van der Waals surface area contributed by atoms with E-state index in [-0.39, 0.29) is 17.7 Å². The van der Waals surface area contributed by atoms with Crippen LogP contribution in [0.2, 0.25) is 0 Å². The van der Waals surface area contributed by atoms with Crippen LogP contribution in [-0.2, 0) is 11.2 Å². The van der Waals surface area contributed by atoms with E-state index in [1.165, 1.54) is 11.1 Å². The van der Waals surface area contributed by atoms with Gasteiger partial charge < -0.3 is 9.80 Å². The van der Waals surface area contributed by atoms with Crippen molar-refractivity contribution in [3.05, 3.63) is 102 Å². The van der Waals surface area contributed by atoms with Crippen molar-refractivity contribution in [2.45, 2.75) is 13.3 Å². The normalized spacial score (nSPS) is 16.4. The summed E-state index contributed by atoms with van der Waals surface area (Å²) in [6, 6.07) is 22.0. The predicted octanol–water partition coefficient (Wildman–Crippen LogP) is 4.39. The van der Waals surface area contributed by atoms with E-state index < -0.39 is 0 Å². The Kier molecular flexibility index (Phi) is 6.98. The van der Waals surface area contributed by atoms with Gasteiger partial charge in [-0.15, -0.1) is 6.58 Å². The van der Waals surface area contributed by atoms with Crippen molar-refractivity contribution in [1.29, 1.82) is 0 Å². The van der Waals surface area contributed by atoms with Crippen molar-refractivity contribution in [3.8, 4) is 11.1 Å². The lowest BCUT2D eigenvalue weighted by molar-refractivity contribution is -0.134. The van der Waals surface area contributed by atoms with E-state index in [1.54, 1.807) is 34.2 Å². The topological polar surface area (TPSA) is 53.5 Å². The number of hydrogen-bond acceptors (Lipinski definition) is 3. The van der Waals surface area contributed by atoms with Gasteiger partial charge in [-0.3, -0.25) is 14.6 Å². The molecular formula is C28H29N3O2. The number of hydrogen-bond donors (Lipinski definition) is 0. The molecule has 2 heterocycles. The molecule has 2 aromatic carbocycles. The molecule has 2 amide bonds. The second-order valence-electron chi connectivity index (χ2n) is 8.46. The fraction of sp³-hybridized carbons (Fsp3) is 0.250. The Labute approximate surface area is 195 Å². The molecular weight excluding hydrogens is 410 g/mol. The molecule has 1 aromatic heterocycles. The maximum absolute atomic E-state index is 13.4. The van der Waals surface area contributed by atoms with E-state index in [1.807, 2.05) is 24.3 Å². The summed E-state index contributed by atoms with van der Waals surface area (Å²) in [6.45, 7) is 7.72. The highest BCUT2D eigenvalue weighted by molar-refractivity contribution is 5.93. The highest BCUT2D eigenvalue weighted by Gasteiger charge is 2.32. The summed E-state index contributed by atoms with van der Waals surface area (Å²) in [5.74, 6) is -0.401. The van der Waals surface area contributed by atoms with Crippen LogP contribution in [0, 0.1) is 12.8 Å². The lowest BCUT2D eigenvalue weighted by Gasteiger charge is -2.23. The second kappa shape index (κ2) is 10.3. The van der Waals surface area contributed by atoms with Gasteiger partial charge in [0, 0.05) is 32.4 Å². The van der Waals surface area contributed by atoms with E-state index in [2.05, 4.69) is 48.8 Å². The maximum atomic E-state index is 13.4. The number of aromatic nitrogens is 1. The minimum atomic E-state index is -0.327. The molecule has 5 heteroatoms. The number of carbonyl (C=O) groups is 2. The molecule has 1 saturated heterocycles. The second-order valence-corrected chi connectivity index (χ2v) is 8.46. The molecule has 0 unspecified atom stereocenters. The standard InChI is InChI=1S/C28H29N3O2/c1-3-15-30-16-17-31(28(33)26-13-6-7-14-29-26)20-24(27(30)32)19-22-10-8-11-23(18-22)25-12-5-4-9-21(25)2/h3-14,18,24H,1,15-17,19-20H2,2H3/t24-/m1/s1. The zero-order valence-corrected chi connectivity index (χ0v) is 19.0. The van der Waals surface area contributed by atoms with E-state index in [0.29, 0.717) is 38.3 Å². The number of rotatable bonds is 6. The van der Waals surface area contributed by atoms with Crippen LogP contribution in [0.5, 0.6) is 0 Å². The van der Waals surface area contributed by atoms with Crippen molar-refractivity contribution >= 4 is 11.8 Å². The van der Waals surface area contributed by atoms with Crippen molar-refractivity contribution in [1.82, 2.24) is 14.8 Å². The van der Waals surface area contributed by atoms with Crippen LogP contribution in [0.3, 0.4) is 0 Å². The minimum Gasteiger partial charge on any atom is -0.337 e. The third-order valence-electron chi connectivity index (χ3n) is 6.13. The van der Waals surface area contributed by atoms with Crippen molar-refractivity contribution in [2.75, 3.05) is 26.2 Å².